The first-order valence-corrected chi connectivity index (χ1v) is 24.2. The summed E-state index contributed by atoms with van der Waals surface area (Å²) in [5.74, 6) is 0.00367. The molecule has 4 aliphatic rings. The molecule has 1 spiro atoms. The minimum atomic E-state index is -2.27. The van der Waals surface area contributed by atoms with Crippen LogP contribution in [0.1, 0.15) is 56.6 Å². The zero-order valence-electron chi connectivity index (χ0n) is 40.2. The number of rotatable bonds is 5. The summed E-state index contributed by atoms with van der Waals surface area (Å²) in [6.45, 7) is 1.84. The Morgan fingerprint density at radius 3 is 1.69 bits per heavy atom. The van der Waals surface area contributed by atoms with Crippen LogP contribution in [0.5, 0.6) is 0 Å². The standard InChI is InChI=1S/C63H45BN2S/c1-39(2)48-38-50(49(36-40(48)3)41-20-7-4-8-21-41)42-34-35-54-57(37-42)65(43-22-9-5-10-23-43)55-32-19-33-56-59(55)64(54)62-60(66(56)44-24-11-6-12-25-44)58-47-28-15-18-31-53(47)63(61(58)67-62)51-29-16-13-26-45(51)46-27-14-17-30-52(46)63/h4-39H,1-3H3/i3D3. The van der Waals surface area contributed by atoms with E-state index in [1.807, 2.05) is 35.6 Å². The van der Waals surface area contributed by atoms with Crippen LogP contribution in [0.25, 0.3) is 44.5 Å². The normalized spacial score (nSPS) is 14.9. The summed E-state index contributed by atoms with van der Waals surface area (Å²) < 4.78 is 27.4. The first kappa shape index (κ1) is 35.6. The van der Waals surface area contributed by atoms with Gasteiger partial charge in [-0.2, -0.15) is 0 Å². The van der Waals surface area contributed by atoms with Crippen LogP contribution < -0.4 is 25.5 Å². The molecule has 1 aromatic heterocycles. The average molecular weight is 876 g/mol. The molecule has 0 bridgehead atoms. The molecule has 3 heterocycles. The van der Waals surface area contributed by atoms with Crippen molar-refractivity contribution in [2.75, 3.05) is 9.80 Å². The van der Waals surface area contributed by atoms with Gasteiger partial charge in [0.2, 0.25) is 0 Å². The van der Waals surface area contributed by atoms with Crippen LogP contribution in [0.4, 0.5) is 34.1 Å². The molecule has 0 N–H and O–H groups in total. The van der Waals surface area contributed by atoms with Crippen molar-refractivity contribution in [2.45, 2.75) is 32.0 Å². The van der Waals surface area contributed by atoms with Crippen molar-refractivity contribution in [3.05, 3.63) is 245 Å². The highest BCUT2D eigenvalue weighted by atomic mass is 32.1. The highest BCUT2D eigenvalue weighted by molar-refractivity contribution is 7.30. The monoisotopic (exact) mass is 875 g/mol. The second kappa shape index (κ2) is 14.4. The van der Waals surface area contributed by atoms with Gasteiger partial charge < -0.3 is 9.80 Å². The van der Waals surface area contributed by atoms with Gasteiger partial charge in [0.05, 0.1) is 11.1 Å². The van der Waals surface area contributed by atoms with Crippen molar-refractivity contribution in [1.29, 1.82) is 0 Å². The van der Waals surface area contributed by atoms with E-state index in [1.54, 1.807) is 0 Å². The Labute approximate surface area is 401 Å². The van der Waals surface area contributed by atoms with Crippen molar-refractivity contribution in [3.63, 3.8) is 0 Å². The third-order valence-electron chi connectivity index (χ3n) is 14.9. The molecule has 10 aromatic rings. The summed E-state index contributed by atoms with van der Waals surface area (Å²) in [4.78, 5) is 6.40. The van der Waals surface area contributed by atoms with Gasteiger partial charge in [-0.15, -0.1) is 11.3 Å². The molecule has 0 unspecified atom stereocenters. The lowest BCUT2D eigenvalue weighted by molar-refractivity contribution is 0.811. The van der Waals surface area contributed by atoms with Gasteiger partial charge in [-0.25, -0.2) is 0 Å². The largest absolute Gasteiger partial charge is 0.311 e. The molecule has 4 heteroatoms. The van der Waals surface area contributed by atoms with E-state index in [1.165, 1.54) is 70.9 Å². The molecule has 14 rings (SSSR count). The van der Waals surface area contributed by atoms with E-state index in [9.17, 15) is 0 Å². The Hall–Kier alpha value is -7.66. The first-order chi connectivity index (χ1) is 34.2. The zero-order valence-corrected chi connectivity index (χ0v) is 38.0. The Balaban J connectivity index is 1.08. The van der Waals surface area contributed by atoms with E-state index >= 15 is 0 Å². The number of para-hydroxylation sites is 2. The Bertz CT molecular complexity index is 3720. The number of hydrogen-bond acceptors (Lipinski definition) is 3. The van der Waals surface area contributed by atoms with E-state index in [2.05, 4.69) is 212 Å². The molecule has 316 valence electrons. The predicted octanol–water partition coefficient (Wildman–Crippen LogP) is 14.9. The quantitative estimate of drug-likeness (QED) is 0.159. The molecule has 0 amide bonds. The van der Waals surface area contributed by atoms with E-state index in [-0.39, 0.29) is 12.6 Å². The number of fused-ring (bicyclic) bond motifs is 15. The van der Waals surface area contributed by atoms with E-state index < -0.39 is 12.3 Å². The van der Waals surface area contributed by atoms with Gasteiger partial charge in [-0.05, 0) is 133 Å². The van der Waals surface area contributed by atoms with Crippen LogP contribution in [0.3, 0.4) is 0 Å². The third kappa shape index (κ3) is 5.22. The summed E-state index contributed by atoms with van der Waals surface area (Å²) in [6, 6.07) is 77.4. The number of hydrogen-bond donors (Lipinski definition) is 0. The van der Waals surface area contributed by atoms with Crippen LogP contribution in [-0.4, -0.2) is 6.71 Å². The molecule has 0 atom stereocenters. The predicted molar refractivity (Wildman–Crippen MR) is 284 cm³/mol. The van der Waals surface area contributed by atoms with Gasteiger partial charge in [0, 0.05) is 47.8 Å². The molecule has 2 nitrogen and oxygen atoms in total. The summed E-state index contributed by atoms with van der Waals surface area (Å²) in [6.07, 6.45) is 0. The Kier molecular flexibility index (Phi) is 7.66. The maximum absolute atomic E-state index is 8.68. The zero-order chi connectivity index (χ0) is 47.0. The van der Waals surface area contributed by atoms with Crippen LogP contribution >= 0.6 is 11.3 Å². The van der Waals surface area contributed by atoms with Crippen molar-refractivity contribution in [3.8, 4) is 44.5 Å². The van der Waals surface area contributed by atoms with Gasteiger partial charge in [-0.1, -0.05) is 184 Å². The second-order valence-electron chi connectivity index (χ2n) is 18.7. The van der Waals surface area contributed by atoms with Gasteiger partial charge in [-0.3, -0.25) is 0 Å². The van der Waals surface area contributed by atoms with Crippen LogP contribution in [0, 0.1) is 6.85 Å². The molecule has 2 aliphatic heterocycles. The fraction of sp³-hybridized carbons (Fsp3) is 0.0794. The lowest BCUT2D eigenvalue weighted by Gasteiger charge is -2.43. The minimum absolute atomic E-state index is 0.00367. The molecule has 0 saturated carbocycles. The highest BCUT2D eigenvalue weighted by Crippen LogP contribution is 2.67. The lowest BCUT2D eigenvalue weighted by Crippen LogP contribution is -2.60. The lowest BCUT2D eigenvalue weighted by atomic mass is 9.36. The summed E-state index contributed by atoms with van der Waals surface area (Å²) >= 11 is 2.00. The fourth-order valence-corrected chi connectivity index (χ4v) is 13.9. The number of nitrogens with zero attached hydrogens (tertiary/aromatic N) is 2. The van der Waals surface area contributed by atoms with Gasteiger partial charge in [0.1, 0.15) is 0 Å². The van der Waals surface area contributed by atoms with E-state index in [0.717, 1.165) is 50.6 Å². The fourth-order valence-electron chi connectivity index (χ4n) is 12.2. The second-order valence-corrected chi connectivity index (χ2v) is 19.7. The summed E-state index contributed by atoms with van der Waals surface area (Å²) in [5.41, 5.74) is 23.4. The topological polar surface area (TPSA) is 6.48 Å². The van der Waals surface area contributed by atoms with Crippen LogP contribution in [0.2, 0.25) is 0 Å². The number of aryl methyl sites for hydroxylation is 1. The van der Waals surface area contributed by atoms with Crippen LogP contribution in [0.15, 0.2) is 212 Å². The minimum Gasteiger partial charge on any atom is -0.311 e. The third-order valence-corrected chi connectivity index (χ3v) is 16.3. The van der Waals surface area contributed by atoms with E-state index in [4.69, 9.17) is 4.11 Å². The molecular weight excluding hydrogens is 828 g/mol. The summed E-state index contributed by atoms with van der Waals surface area (Å²) in [7, 11) is 0. The maximum Gasteiger partial charge on any atom is 0.264 e. The number of thiophene rings is 1. The molecule has 2 aliphatic carbocycles. The Morgan fingerprint density at radius 2 is 1.04 bits per heavy atom. The van der Waals surface area contributed by atoms with Crippen molar-refractivity contribution >= 4 is 67.9 Å². The first-order valence-electron chi connectivity index (χ1n) is 24.9. The van der Waals surface area contributed by atoms with Crippen molar-refractivity contribution in [2.24, 2.45) is 0 Å². The van der Waals surface area contributed by atoms with Crippen molar-refractivity contribution < 1.29 is 4.11 Å². The average Bonchev–Trinajstić information content (AvgIpc) is 4.03. The molecule has 0 radical (unpaired) electrons. The maximum atomic E-state index is 8.68. The number of anilines is 6. The smallest absolute Gasteiger partial charge is 0.264 e. The molecule has 9 aromatic carbocycles. The molecule has 0 saturated heterocycles. The molecule has 0 fully saturated rings. The molecular formula is C63H45BN2S. The summed E-state index contributed by atoms with van der Waals surface area (Å²) in [5, 5.41) is 0. The van der Waals surface area contributed by atoms with Gasteiger partial charge in [0.25, 0.3) is 6.71 Å². The number of benzene rings is 9. The van der Waals surface area contributed by atoms with Crippen molar-refractivity contribution in [1.82, 2.24) is 0 Å². The highest BCUT2D eigenvalue weighted by Gasteiger charge is 2.56. The van der Waals surface area contributed by atoms with E-state index in [0.29, 0.717) is 5.56 Å². The van der Waals surface area contributed by atoms with Crippen LogP contribution in [-0.2, 0) is 5.41 Å². The van der Waals surface area contributed by atoms with Gasteiger partial charge >= 0.3 is 0 Å². The SMILES string of the molecule is [2H]C([2H])([2H])c1cc(-c2ccccc2)c(-c2ccc3c(c2)N(c2ccccc2)c2cccc4c2B3c2sc3c(c2N4c2ccccc2)-c2ccccc2C32c3ccccc3-c3ccccc32)cc1C(C)C. The molecule has 67 heavy (non-hydrogen) atoms. The van der Waals surface area contributed by atoms with Gasteiger partial charge in [0.15, 0.2) is 0 Å². The Morgan fingerprint density at radius 1 is 0.493 bits per heavy atom.